The van der Waals surface area contributed by atoms with Crippen LogP contribution in [0.2, 0.25) is 0 Å². The van der Waals surface area contributed by atoms with E-state index in [1.54, 1.807) is 4.90 Å². The predicted octanol–water partition coefficient (Wildman–Crippen LogP) is 5.50. The van der Waals surface area contributed by atoms with Gasteiger partial charge < -0.3 is 14.5 Å². The maximum atomic E-state index is 13.7. The molecule has 2 aliphatic rings. The fraction of sp³-hybridized carbons (Fsp3) is 0.741. The highest BCUT2D eigenvalue weighted by Gasteiger charge is 2.59. The molecule has 198 valence electrons. The summed E-state index contributed by atoms with van der Waals surface area (Å²) in [4.78, 5) is 17.0. The Hall–Kier alpha value is -1.67. The van der Waals surface area contributed by atoms with E-state index in [-0.39, 0.29) is 34.8 Å². The number of anilines is 1. The van der Waals surface area contributed by atoms with E-state index in [1.807, 2.05) is 53.7 Å². The third kappa shape index (κ3) is 6.19. The van der Waals surface area contributed by atoms with Gasteiger partial charge in [-0.1, -0.05) is 20.8 Å². The maximum Gasteiger partial charge on any atom is 0.410 e. The first-order chi connectivity index (χ1) is 15.9. The quantitative estimate of drug-likeness (QED) is 0.585. The zero-order chi connectivity index (χ0) is 26.4. The Morgan fingerprint density at radius 3 is 2.03 bits per heavy atom. The van der Waals surface area contributed by atoms with Crippen LogP contribution in [0.5, 0.6) is 0 Å². The third-order valence-corrected chi connectivity index (χ3v) is 8.67. The molecule has 1 spiro atoms. The number of halogens is 1. The van der Waals surface area contributed by atoms with Crippen molar-refractivity contribution < 1.29 is 18.1 Å². The number of nitrogens with one attached hydrogen (secondary N) is 1. The fourth-order valence-electron chi connectivity index (χ4n) is 5.72. The Morgan fingerprint density at radius 1 is 1.03 bits per heavy atom. The van der Waals surface area contributed by atoms with Crippen LogP contribution in [0, 0.1) is 16.6 Å². The van der Waals surface area contributed by atoms with Crippen molar-refractivity contribution in [1.82, 2.24) is 9.62 Å². The summed E-state index contributed by atoms with van der Waals surface area (Å²) in [6.45, 7) is 20.1. The lowest BCUT2D eigenvalue weighted by molar-refractivity contribution is -0.000680. The number of nitrogens with zero attached hydrogens (tertiary/aromatic N) is 2. The largest absolute Gasteiger partial charge is 0.444 e. The predicted molar refractivity (Wildman–Crippen MR) is 141 cm³/mol. The summed E-state index contributed by atoms with van der Waals surface area (Å²) >= 11 is 0. The maximum absolute atomic E-state index is 13.7. The van der Waals surface area contributed by atoms with Gasteiger partial charge in [0.2, 0.25) is 0 Å². The lowest BCUT2D eigenvalue weighted by Crippen LogP contribution is -2.59. The molecule has 1 N–H and O–H groups in total. The van der Waals surface area contributed by atoms with Gasteiger partial charge in [-0.2, -0.15) is 0 Å². The van der Waals surface area contributed by atoms with Crippen molar-refractivity contribution in [2.75, 3.05) is 24.5 Å². The Morgan fingerprint density at radius 2 is 1.57 bits per heavy atom. The van der Waals surface area contributed by atoms with Crippen molar-refractivity contribution in [1.29, 1.82) is 0 Å². The molecule has 0 aromatic heterocycles. The molecule has 0 bridgehead atoms. The molecule has 1 aromatic rings. The monoisotopic (exact) mass is 509 g/mol. The van der Waals surface area contributed by atoms with Crippen molar-refractivity contribution in [3.63, 3.8) is 0 Å². The summed E-state index contributed by atoms with van der Waals surface area (Å²) in [5.74, 6) is -0.260. The number of ether oxygens (including phenoxy) is 1. The minimum Gasteiger partial charge on any atom is -0.444 e. The van der Waals surface area contributed by atoms with Crippen molar-refractivity contribution in [2.45, 2.75) is 97.6 Å². The van der Waals surface area contributed by atoms with E-state index in [1.165, 1.54) is 12.1 Å². The van der Waals surface area contributed by atoms with Crippen LogP contribution in [0.25, 0.3) is 0 Å². The van der Waals surface area contributed by atoms with Crippen LogP contribution in [0.3, 0.4) is 0 Å². The zero-order valence-electron chi connectivity index (χ0n) is 22.9. The van der Waals surface area contributed by atoms with Crippen molar-refractivity contribution in [3.8, 4) is 0 Å². The van der Waals surface area contributed by atoms with Crippen LogP contribution in [0.4, 0.5) is 14.9 Å². The standard InChI is InChI=1S/C27H44FN3O3S/c1-24(2,3)22-27(14-16-30(17-15-27)23(32)34-25(4,5)6)21(29-35(33)26(7,8)9)18-31(22)20-12-10-19(28)11-13-20/h10-13,21-22,29H,14-18H2,1-9H3/t21?,22-,35+/m0/s1. The summed E-state index contributed by atoms with van der Waals surface area (Å²) < 4.78 is 35.7. The number of piperidine rings is 1. The van der Waals surface area contributed by atoms with Gasteiger partial charge in [0.1, 0.15) is 11.4 Å². The number of carbonyl (C=O) groups is 1. The lowest BCUT2D eigenvalue weighted by Gasteiger charge is -2.51. The summed E-state index contributed by atoms with van der Waals surface area (Å²) in [5.41, 5.74) is 0.0977. The van der Waals surface area contributed by atoms with Gasteiger partial charge in [0.25, 0.3) is 0 Å². The molecule has 35 heavy (non-hydrogen) atoms. The second kappa shape index (κ2) is 9.66. The average molecular weight is 510 g/mol. The van der Waals surface area contributed by atoms with Crippen LogP contribution in [-0.4, -0.2) is 57.3 Å². The van der Waals surface area contributed by atoms with Gasteiger partial charge in [-0.15, -0.1) is 0 Å². The number of likely N-dealkylation sites (tertiary alicyclic amines) is 1. The molecule has 3 atom stereocenters. The molecular weight excluding hydrogens is 465 g/mol. The molecule has 0 aliphatic carbocycles. The number of hydrogen-bond acceptors (Lipinski definition) is 4. The Balaban J connectivity index is 1.98. The number of carbonyl (C=O) groups excluding carboxylic acids is 1. The van der Waals surface area contributed by atoms with E-state index in [2.05, 4.69) is 30.4 Å². The van der Waals surface area contributed by atoms with Crippen LogP contribution in [0.15, 0.2) is 24.3 Å². The summed E-state index contributed by atoms with van der Waals surface area (Å²) in [7, 11) is -1.24. The van der Waals surface area contributed by atoms with E-state index in [0.29, 0.717) is 19.6 Å². The smallest absolute Gasteiger partial charge is 0.410 e. The molecule has 1 unspecified atom stereocenters. The third-order valence-electron chi connectivity index (χ3n) is 7.06. The van der Waals surface area contributed by atoms with E-state index in [4.69, 9.17) is 4.74 Å². The van der Waals surface area contributed by atoms with Crippen LogP contribution in [0.1, 0.15) is 75.2 Å². The van der Waals surface area contributed by atoms with Gasteiger partial charge in [-0.05, 0) is 84.1 Å². The highest BCUT2D eigenvalue weighted by Crippen LogP contribution is 2.53. The first kappa shape index (κ1) is 27.9. The second-order valence-corrected chi connectivity index (χ2v) is 15.1. The van der Waals surface area contributed by atoms with Crippen molar-refractivity contribution >= 4 is 22.8 Å². The molecule has 1 amide bonds. The van der Waals surface area contributed by atoms with Gasteiger partial charge in [-0.25, -0.2) is 18.1 Å². The first-order valence-corrected chi connectivity index (χ1v) is 13.8. The van der Waals surface area contributed by atoms with Gasteiger partial charge >= 0.3 is 6.09 Å². The zero-order valence-corrected chi connectivity index (χ0v) is 23.7. The van der Waals surface area contributed by atoms with E-state index < -0.39 is 21.3 Å². The molecule has 2 aliphatic heterocycles. The molecule has 6 nitrogen and oxygen atoms in total. The van der Waals surface area contributed by atoms with E-state index in [9.17, 15) is 13.4 Å². The minimum absolute atomic E-state index is 0.0439. The van der Waals surface area contributed by atoms with Gasteiger partial charge in [0.05, 0.1) is 15.7 Å². The van der Waals surface area contributed by atoms with Gasteiger partial charge in [-0.3, -0.25) is 0 Å². The molecule has 2 saturated heterocycles. The number of hydrogen-bond donors (Lipinski definition) is 1. The second-order valence-electron chi connectivity index (χ2n) is 13.1. The molecule has 2 fully saturated rings. The fourth-order valence-corrected chi connectivity index (χ4v) is 6.64. The van der Waals surface area contributed by atoms with Crippen LogP contribution >= 0.6 is 0 Å². The Labute approximate surface area is 213 Å². The summed E-state index contributed by atoms with van der Waals surface area (Å²) in [6, 6.07) is 6.73. The number of rotatable bonds is 3. The number of amides is 1. The molecule has 8 heteroatoms. The highest BCUT2D eigenvalue weighted by molar-refractivity contribution is 7.84. The van der Waals surface area contributed by atoms with Gasteiger partial charge in [0, 0.05) is 42.8 Å². The van der Waals surface area contributed by atoms with Gasteiger partial charge in [0.15, 0.2) is 0 Å². The Kier molecular flexibility index (Phi) is 7.70. The molecule has 0 saturated carbocycles. The minimum atomic E-state index is -1.24. The summed E-state index contributed by atoms with van der Waals surface area (Å²) in [5, 5.41) is 0. The molecule has 3 rings (SSSR count). The molecule has 1 aromatic carbocycles. The van der Waals surface area contributed by atoms with E-state index >= 15 is 0 Å². The molecular formula is C27H44FN3O3S. The average Bonchev–Trinajstić information content (AvgIpc) is 3.00. The Bertz CT molecular complexity index is 923. The SMILES string of the molecule is CC(C)(C)OC(=O)N1CCC2(CC1)C(N[S@](=O)C(C)(C)C)CN(c1ccc(F)cc1)[C@H]2C(C)(C)C. The molecule has 2 heterocycles. The summed E-state index contributed by atoms with van der Waals surface area (Å²) in [6.07, 6.45) is 1.26. The van der Waals surface area contributed by atoms with Crippen LogP contribution in [-0.2, 0) is 15.7 Å². The first-order valence-electron chi connectivity index (χ1n) is 12.6. The number of benzene rings is 1. The topological polar surface area (TPSA) is 61.9 Å². The van der Waals surface area contributed by atoms with Crippen LogP contribution < -0.4 is 9.62 Å². The normalized spacial score (nSPS) is 24.1. The van der Waals surface area contributed by atoms with E-state index in [0.717, 1.165) is 18.5 Å². The lowest BCUT2D eigenvalue weighted by atomic mass is 9.63. The molecule has 0 radical (unpaired) electrons. The van der Waals surface area contributed by atoms with Crippen molar-refractivity contribution in [3.05, 3.63) is 30.1 Å². The highest BCUT2D eigenvalue weighted by atomic mass is 32.2. The van der Waals surface area contributed by atoms with Crippen molar-refractivity contribution in [2.24, 2.45) is 10.8 Å².